The lowest BCUT2D eigenvalue weighted by Crippen LogP contribution is -2.11. The third kappa shape index (κ3) is 1.57. The molecule has 0 aliphatic carbocycles. The average Bonchev–Trinajstić information content (AvgIpc) is 2.11. The highest BCUT2D eigenvalue weighted by atomic mass is 32.1. The van der Waals surface area contributed by atoms with Crippen LogP contribution >= 0.6 is 11.3 Å². The second-order valence-electron chi connectivity index (χ2n) is 3.14. The van der Waals surface area contributed by atoms with E-state index in [1.807, 2.05) is 6.92 Å². The summed E-state index contributed by atoms with van der Waals surface area (Å²) in [7, 11) is 0. The molecule has 0 bridgehead atoms. The number of thiazole rings is 1. The summed E-state index contributed by atoms with van der Waals surface area (Å²) >= 11 is 1.68. The molecule has 1 heterocycles. The molecule has 1 rings (SSSR count). The number of hydrogen-bond donors (Lipinski definition) is 0. The first kappa shape index (κ1) is 7.73. The molecule has 0 aromatic carbocycles. The van der Waals surface area contributed by atoms with Gasteiger partial charge in [-0.15, -0.1) is 11.3 Å². The van der Waals surface area contributed by atoms with E-state index in [2.05, 4.69) is 31.1 Å². The van der Waals surface area contributed by atoms with Gasteiger partial charge in [0.05, 0.1) is 10.7 Å². The maximum atomic E-state index is 4.34. The van der Waals surface area contributed by atoms with Gasteiger partial charge in [-0.3, -0.25) is 0 Å². The van der Waals surface area contributed by atoms with Crippen LogP contribution < -0.4 is 0 Å². The van der Waals surface area contributed by atoms with E-state index < -0.39 is 0 Å². The van der Waals surface area contributed by atoms with E-state index in [1.54, 1.807) is 11.3 Å². The minimum atomic E-state index is -0.0369. The monoisotopic (exact) mass is 154 g/mol. The lowest BCUT2D eigenvalue weighted by molar-refractivity contribution is 0.642. The van der Waals surface area contributed by atoms with Crippen molar-refractivity contribution in [3.05, 3.63) is 23.0 Å². The van der Waals surface area contributed by atoms with Crippen molar-refractivity contribution in [3.8, 4) is 0 Å². The standard InChI is InChI=1S/C8H12NS/c1-6-9-7(5-10-6)8(2,3)4/h5H,2H2,1,3-4H3. The molecule has 0 saturated carbocycles. The minimum absolute atomic E-state index is 0.0369. The predicted molar refractivity (Wildman–Crippen MR) is 45.2 cm³/mol. The van der Waals surface area contributed by atoms with Gasteiger partial charge < -0.3 is 0 Å². The zero-order valence-corrected chi connectivity index (χ0v) is 7.46. The fourth-order valence-electron chi connectivity index (χ4n) is 0.674. The van der Waals surface area contributed by atoms with Gasteiger partial charge in [-0.05, 0) is 13.8 Å². The van der Waals surface area contributed by atoms with Gasteiger partial charge in [-0.1, -0.05) is 13.8 Å². The number of hydrogen-bond acceptors (Lipinski definition) is 2. The van der Waals surface area contributed by atoms with Gasteiger partial charge in [0.25, 0.3) is 0 Å². The molecule has 2 heteroatoms. The van der Waals surface area contributed by atoms with Gasteiger partial charge in [0, 0.05) is 10.8 Å². The van der Waals surface area contributed by atoms with Gasteiger partial charge in [-0.25, -0.2) is 4.98 Å². The van der Waals surface area contributed by atoms with Crippen LogP contribution in [0.15, 0.2) is 5.38 Å². The van der Waals surface area contributed by atoms with Crippen molar-refractivity contribution in [3.63, 3.8) is 0 Å². The van der Waals surface area contributed by atoms with Crippen LogP contribution in [0.1, 0.15) is 24.5 Å². The Morgan fingerprint density at radius 2 is 2.20 bits per heavy atom. The van der Waals surface area contributed by atoms with Gasteiger partial charge in [0.2, 0.25) is 0 Å². The highest BCUT2D eigenvalue weighted by Crippen LogP contribution is 2.22. The van der Waals surface area contributed by atoms with E-state index >= 15 is 0 Å². The predicted octanol–water partition coefficient (Wildman–Crippen LogP) is 2.56. The highest BCUT2D eigenvalue weighted by molar-refractivity contribution is 7.09. The van der Waals surface area contributed by atoms with Crippen LogP contribution in [0, 0.1) is 13.8 Å². The first-order chi connectivity index (χ1) is 4.50. The number of rotatable bonds is 1. The largest absolute Gasteiger partial charge is 0.246 e. The van der Waals surface area contributed by atoms with E-state index in [9.17, 15) is 0 Å². The fourth-order valence-corrected chi connectivity index (χ4v) is 1.48. The van der Waals surface area contributed by atoms with Crippen molar-refractivity contribution in [2.45, 2.75) is 26.2 Å². The fraction of sp³-hybridized carbons (Fsp3) is 0.500. The molecule has 1 aromatic rings. The summed E-state index contributed by atoms with van der Waals surface area (Å²) in [5, 5.41) is 3.19. The maximum absolute atomic E-state index is 4.34. The molecule has 0 saturated heterocycles. The molecule has 0 fully saturated rings. The summed E-state index contributed by atoms with van der Waals surface area (Å²) in [6.45, 7) is 10.2. The van der Waals surface area contributed by atoms with Crippen LogP contribution in [0.3, 0.4) is 0 Å². The third-order valence-corrected chi connectivity index (χ3v) is 2.09. The number of aryl methyl sites for hydroxylation is 1. The lowest BCUT2D eigenvalue weighted by Gasteiger charge is -2.13. The minimum Gasteiger partial charge on any atom is -0.246 e. The Bertz CT molecular complexity index is 219. The molecule has 0 aliphatic heterocycles. The summed E-state index contributed by atoms with van der Waals surface area (Å²) in [4.78, 5) is 4.34. The molecule has 0 unspecified atom stereocenters. The smallest absolute Gasteiger partial charge is 0.0897 e. The molecule has 0 aliphatic rings. The van der Waals surface area contributed by atoms with Crippen LogP contribution in [-0.4, -0.2) is 4.98 Å². The molecule has 55 valence electrons. The van der Waals surface area contributed by atoms with Crippen molar-refractivity contribution in [2.75, 3.05) is 0 Å². The Hall–Kier alpha value is -0.370. The molecule has 1 nitrogen and oxygen atoms in total. The summed E-state index contributed by atoms with van der Waals surface area (Å²) in [6, 6.07) is 0. The SMILES string of the molecule is [CH2]C(C)(C)c1csc(C)n1. The Kier molecular flexibility index (Phi) is 1.82. The molecular formula is C8H12NS. The zero-order valence-electron chi connectivity index (χ0n) is 6.64. The van der Waals surface area contributed by atoms with Crippen LogP contribution in [0.5, 0.6) is 0 Å². The van der Waals surface area contributed by atoms with E-state index in [0.29, 0.717) is 0 Å². The van der Waals surface area contributed by atoms with Crippen molar-refractivity contribution in [1.29, 1.82) is 0 Å². The molecule has 1 radical (unpaired) electrons. The van der Waals surface area contributed by atoms with Crippen molar-refractivity contribution in [2.24, 2.45) is 0 Å². The third-order valence-electron chi connectivity index (χ3n) is 1.31. The Morgan fingerprint density at radius 1 is 1.60 bits per heavy atom. The first-order valence-electron chi connectivity index (χ1n) is 3.28. The van der Waals surface area contributed by atoms with E-state index in [-0.39, 0.29) is 5.41 Å². The summed E-state index contributed by atoms with van der Waals surface area (Å²) in [6.07, 6.45) is 0. The summed E-state index contributed by atoms with van der Waals surface area (Å²) < 4.78 is 0. The lowest BCUT2D eigenvalue weighted by atomic mass is 9.93. The summed E-state index contributed by atoms with van der Waals surface area (Å²) in [5.74, 6) is 0. The Labute approximate surface area is 66.1 Å². The molecule has 0 atom stereocenters. The topological polar surface area (TPSA) is 12.9 Å². The van der Waals surface area contributed by atoms with Gasteiger partial charge in [0.15, 0.2) is 0 Å². The zero-order chi connectivity index (χ0) is 7.78. The van der Waals surface area contributed by atoms with Crippen LogP contribution in [0.4, 0.5) is 0 Å². The molecule has 0 amide bonds. The van der Waals surface area contributed by atoms with Crippen LogP contribution in [0.25, 0.3) is 0 Å². The van der Waals surface area contributed by atoms with Crippen molar-refractivity contribution >= 4 is 11.3 Å². The van der Waals surface area contributed by atoms with Crippen LogP contribution in [-0.2, 0) is 5.41 Å². The van der Waals surface area contributed by atoms with Gasteiger partial charge in [0.1, 0.15) is 0 Å². The van der Waals surface area contributed by atoms with E-state index in [1.165, 1.54) is 0 Å². The molecule has 0 spiro atoms. The van der Waals surface area contributed by atoms with Crippen molar-refractivity contribution < 1.29 is 0 Å². The average molecular weight is 154 g/mol. The van der Waals surface area contributed by atoms with Gasteiger partial charge >= 0.3 is 0 Å². The number of aromatic nitrogens is 1. The van der Waals surface area contributed by atoms with E-state index in [4.69, 9.17) is 0 Å². The first-order valence-corrected chi connectivity index (χ1v) is 4.16. The summed E-state index contributed by atoms with van der Waals surface area (Å²) in [5.41, 5.74) is 1.06. The van der Waals surface area contributed by atoms with Crippen molar-refractivity contribution in [1.82, 2.24) is 4.98 Å². The Morgan fingerprint density at radius 3 is 2.40 bits per heavy atom. The maximum Gasteiger partial charge on any atom is 0.0897 e. The highest BCUT2D eigenvalue weighted by Gasteiger charge is 2.16. The normalized spacial score (nSPS) is 12.0. The molecular weight excluding hydrogens is 142 g/mol. The molecule has 1 aromatic heterocycles. The second kappa shape index (κ2) is 2.35. The Balaban J connectivity index is 2.96. The second-order valence-corrected chi connectivity index (χ2v) is 4.20. The van der Waals surface area contributed by atoms with E-state index in [0.717, 1.165) is 10.7 Å². The quantitative estimate of drug-likeness (QED) is 0.606. The molecule has 0 N–H and O–H groups in total. The number of nitrogens with zero attached hydrogens (tertiary/aromatic N) is 1. The molecule has 10 heavy (non-hydrogen) atoms. The van der Waals surface area contributed by atoms with Crippen LogP contribution in [0.2, 0.25) is 0 Å². The van der Waals surface area contributed by atoms with Gasteiger partial charge in [-0.2, -0.15) is 0 Å².